The molecule has 122 valence electrons. The maximum absolute atomic E-state index is 6.16. The van der Waals surface area contributed by atoms with Gasteiger partial charge < -0.3 is 21.3 Å². The Hall–Kier alpha value is -2.41. The molecule has 0 unspecified atom stereocenters. The van der Waals surface area contributed by atoms with Crippen LogP contribution in [0.15, 0.2) is 30.7 Å². The first-order valence-electron chi connectivity index (χ1n) is 8.08. The molecule has 0 aliphatic carbocycles. The standard InChI is InChI=1S/C16H23N7/c17-14-15(19-8-11-23-9-4-1-5-10-23)20-12-21-16(14)22-13-6-2-3-7-18-13/h2-3,6-7,12H,1,4-5,8-11,17H2,(H2,18,19,20,21,22). The van der Waals surface area contributed by atoms with Crippen LogP contribution in [-0.2, 0) is 0 Å². The van der Waals surface area contributed by atoms with E-state index in [1.807, 2.05) is 18.2 Å². The molecule has 0 radical (unpaired) electrons. The maximum Gasteiger partial charge on any atom is 0.160 e. The van der Waals surface area contributed by atoms with Crippen molar-refractivity contribution in [1.82, 2.24) is 19.9 Å². The molecular weight excluding hydrogens is 290 g/mol. The van der Waals surface area contributed by atoms with Crippen molar-refractivity contribution in [2.24, 2.45) is 0 Å². The van der Waals surface area contributed by atoms with Crippen molar-refractivity contribution in [3.8, 4) is 0 Å². The lowest BCUT2D eigenvalue weighted by molar-refractivity contribution is 0.237. The third kappa shape index (κ3) is 4.29. The van der Waals surface area contributed by atoms with E-state index in [-0.39, 0.29) is 0 Å². The highest BCUT2D eigenvalue weighted by molar-refractivity contribution is 5.76. The molecule has 1 fully saturated rings. The van der Waals surface area contributed by atoms with Gasteiger partial charge in [-0.2, -0.15) is 0 Å². The van der Waals surface area contributed by atoms with Gasteiger partial charge in [-0.15, -0.1) is 0 Å². The minimum Gasteiger partial charge on any atom is -0.393 e. The lowest BCUT2D eigenvalue weighted by Gasteiger charge is -2.26. The molecule has 0 aromatic carbocycles. The number of nitrogen functional groups attached to an aromatic ring is 1. The molecule has 2 aromatic heterocycles. The van der Waals surface area contributed by atoms with Gasteiger partial charge >= 0.3 is 0 Å². The van der Waals surface area contributed by atoms with Crippen LogP contribution in [0, 0.1) is 0 Å². The molecule has 0 saturated carbocycles. The predicted octanol–water partition coefficient (Wildman–Crippen LogP) is 2.10. The Morgan fingerprint density at radius 3 is 2.65 bits per heavy atom. The SMILES string of the molecule is Nc1c(NCCN2CCCCC2)ncnc1Nc1ccccn1. The number of hydrogen-bond acceptors (Lipinski definition) is 7. The van der Waals surface area contributed by atoms with Crippen LogP contribution in [0.2, 0.25) is 0 Å². The number of nitrogens with zero attached hydrogens (tertiary/aromatic N) is 4. The molecule has 1 aliphatic heterocycles. The summed E-state index contributed by atoms with van der Waals surface area (Å²) in [5, 5.41) is 6.42. The predicted molar refractivity (Wildman–Crippen MR) is 92.7 cm³/mol. The summed E-state index contributed by atoms with van der Waals surface area (Å²) in [7, 11) is 0. The quantitative estimate of drug-likeness (QED) is 0.752. The van der Waals surface area contributed by atoms with Gasteiger partial charge in [-0.1, -0.05) is 12.5 Å². The fourth-order valence-corrected chi connectivity index (χ4v) is 2.71. The van der Waals surface area contributed by atoms with Crippen molar-refractivity contribution in [2.75, 3.05) is 42.5 Å². The molecule has 23 heavy (non-hydrogen) atoms. The van der Waals surface area contributed by atoms with E-state index < -0.39 is 0 Å². The van der Waals surface area contributed by atoms with E-state index in [0.29, 0.717) is 23.1 Å². The van der Waals surface area contributed by atoms with Crippen LogP contribution in [0.3, 0.4) is 0 Å². The third-order valence-corrected chi connectivity index (χ3v) is 3.96. The minimum atomic E-state index is 0.511. The summed E-state index contributed by atoms with van der Waals surface area (Å²) < 4.78 is 0. The molecule has 3 rings (SSSR count). The topological polar surface area (TPSA) is 92.0 Å². The minimum absolute atomic E-state index is 0.511. The van der Waals surface area contributed by atoms with Gasteiger partial charge in [0.15, 0.2) is 11.6 Å². The molecule has 0 bridgehead atoms. The fourth-order valence-electron chi connectivity index (χ4n) is 2.71. The average Bonchev–Trinajstić information content (AvgIpc) is 2.60. The molecular formula is C16H23N7. The van der Waals surface area contributed by atoms with Gasteiger partial charge in [-0.3, -0.25) is 0 Å². The van der Waals surface area contributed by atoms with Crippen molar-refractivity contribution < 1.29 is 0 Å². The second-order valence-electron chi connectivity index (χ2n) is 5.65. The van der Waals surface area contributed by atoms with Crippen molar-refractivity contribution in [3.63, 3.8) is 0 Å². The zero-order chi connectivity index (χ0) is 15.9. The number of likely N-dealkylation sites (tertiary alicyclic amines) is 1. The first-order valence-corrected chi connectivity index (χ1v) is 8.08. The second-order valence-corrected chi connectivity index (χ2v) is 5.65. The molecule has 2 aromatic rings. The molecule has 1 aliphatic rings. The number of rotatable bonds is 6. The Bertz CT molecular complexity index is 611. The largest absolute Gasteiger partial charge is 0.393 e. The van der Waals surface area contributed by atoms with Gasteiger partial charge in [0.1, 0.15) is 17.8 Å². The lowest BCUT2D eigenvalue weighted by Crippen LogP contribution is -2.33. The van der Waals surface area contributed by atoms with Gasteiger partial charge in [-0.05, 0) is 38.1 Å². The highest BCUT2D eigenvalue weighted by Crippen LogP contribution is 2.24. The molecule has 0 amide bonds. The summed E-state index contributed by atoms with van der Waals surface area (Å²) in [6.07, 6.45) is 7.18. The highest BCUT2D eigenvalue weighted by atomic mass is 15.2. The number of nitrogens with one attached hydrogen (secondary N) is 2. The van der Waals surface area contributed by atoms with Crippen molar-refractivity contribution in [1.29, 1.82) is 0 Å². The van der Waals surface area contributed by atoms with E-state index in [1.165, 1.54) is 38.7 Å². The highest BCUT2D eigenvalue weighted by Gasteiger charge is 2.11. The third-order valence-electron chi connectivity index (χ3n) is 3.96. The van der Waals surface area contributed by atoms with E-state index >= 15 is 0 Å². The number of aromatic nitrogens is 3. The van der Waals surface area contributed by atoms with Crippen LogP contribution in [0.4, 0.5) is 23.1 Å². The molecule has 0 spiro atoms. The molecule has 1 saturated heterocycles. The van der Waals surface area contributed by atoms with Gasteiger partial charge in [0.05, 0.1) is 0 Å². The van der Waals surface area contributed by atoms with Gasteiger partial charge in [0.2, 0.25) is 0 Å². The Balaban J connectivity index is 1.58. The summed E-state index contributed by atoms with van der Waals surface area (Å²) in [6, 6.07) is 5.64. The summed E-state index contributed by atoms with van der Waals surface area (Å²) >= 11 is 0. The lowest BCUT2D eigenvalue weighted by atomic mass is 10.1. The first-order chi connectivity index (χ1) is 11.3. The number of pyridine rings is 1. The normalized spacial score (nSPS) is 15.3. The molecule has 7 nitrogen and oxygen atoms in total. The Kier molecular flexibility index (Phi) is 5.21. The van der Waals surface area contributed by atoms with Gasteiger partial charge in [0, 0.05) is 19.3 Å². The number of anilines is 4. The van der Waals surface area contributed by atoms with Crippen molar-refractivity contribution in [3.05, 3.63) is 30.7 Å². The average molecular weight is 313 g/mol. The summed E-state index contributed by atoms with van der Waals surface area (Å²) in [5.41, 5.74) is 6.67. The van der Waals surface area contributed by atoms with Crippen LogP contribution in [0.25, 0.3) is 0 Å². The number of hydrogen-bond donors (Lipinski definition) is 3. The van der Waals surface area contributed by atoms with Crippen LogP contribution < -0.4 is 16.4 Å². The van der Waals surface area contributed by atoms with Crippen LogP contribution >= 0.6 is 0 Å². The molecule has 7 heteroatoms. The summed E-state index contributed by atoms with van der Waals surface area (Å²) in [4.78, 5) is 15.1. The Labute approximate surface area is 136 Å². The van der Waals surface area contributed by atoms with E-state index in [1.54, 1.807) is 6.20 Å². The Morgan fingerprint density at radius 1 is 1.04 bits per heavy atom. The fraction of sp³-hybridized carbons (Fsp3) is 0.438. The van der Waals surface area contributed by atoms with Crippen molar-refractivity contribution in [2.45, 2.75) is 19.3 Å². The van der Waals surface area contributed by atoms with E-state index in [2.05, 4.69) is 30.5 Å². The van der Waals surface area contributed by atoms with Crippen LogP contribution in [-0.4, -0.2) is 46.0 Å². The van der Waals surface area contributed by atoms with Gasteiger partial charge in [0.25, 0.3) is 0 Å². The van der Waals surface area contributed by atoms with E-state index in [0.717, 1.165) is 13.1 Å². The zero-order valence-electron chi connectivity index (χ0n) is 13.2. The van der Waals surface area contributed by atoms with Gasteiger partial charge in [-0.25, -0.2) is 15.0 Å². The smallest absolute Gasteiger partial charge is 0.160 e. The monoisotopic (exact) mass is 313 g/mol. The zero-order valence-corrected chi connectivity index (χ0v) is 13.2. The second kappa shape index (κ2) is 7.73. The Morgan fingerprint density at radius 2 is 1.87 bits per heavy atom. The van der Waals surface area contributed by atoms with Crippen molar-refractivity contribution >= 4 is 23.1 Å². The summed E-state index contributed by atoms with van der Waals surface area (Å²) in [6.45, 7) is 4.21. The summed E-state index contributed by atoms with van der Waals surface area (Å²) in [5.74, 6) is 1.94. The molecule has 3 heterocycles. The first kappa shape index (κ1) is 15.5. The van der Waals surface area contributed by atoms with E-state index in [4.69, 9.17) is 5.73 Å². The number of nitrogens with two attached hydrogens (primary N) is 1. The van der Waals surface area contributed by atoms with E-state index in [9.17, 15) is 0 Å². The maximum atomic E-state index is 6.16. The van der Waals surface area contributed by atoms with Crippen LogP contribution in [0.1, 0.15) is 19.3 Å². The number of piperidine rings is 1. The van der Waals surface area contributed by atoms with Crippen LogP contribution in [0.5, 0.6) is 0 Å². The molecule has 4 N–H and O–H groups in total. The molecule has 0 atom stereocenters.